The SMILES string of the molecule is Cc1ccc(C(=O)N2CCCC(C(=O)NC(C)(CO)C3CC3)C2)cc1. The first kappa shape index (κ1) is 17.9. The lowest BCUT2D eigenvalue weighted by Gasteiger charge is -2.35. The van der Waals surface area contributed by atoms with E-state index in [2.05, 4.69) is 5.32 Å². The number of aliphatic hydroxyl groups is 1. The summed E-state index contributed by atoms with van der Waals surface area (Å²) in [6.07, 6.45) is 3.73. The zero-order valence-electron chi connectivity index (χ0n) is 15.1. The normalized spacial score (nSPS) is 23.0. The number of likely N-dealkylation sites (tertiary alicyclic amines) is 1. The minimum Gasteiger partial charge on any atom is -0.394 e. The van der Waals surface area contributed by atoms with Gasteiger partial charge < -0.3 is 15.3 Å². The third-order valence-corrected chi connectivity index (χ3v) is 5.59. The number of amides is 2. The van der Waals surface area contributed by atoms with Gasteiger partial charge in [0.25, 0.3) is 5.91 Å². The fourth-order valence-corrected chi connectivity index (χ4v) is 3.63. The molecule has 136 valence electrons. The Bertz CT molecular complexity index is 639. The molecule has 1 heterocycles. The standard InChI is InChI=1S/C20H28N2O3/c1-14-5-7-15(8-6-14)19(25)22-11-3-4-16(12-22)18(24)21-20(2,13-23)17-9-10-17/h5-8,16-17,23H,3-4,9-13H2,1-2H3,(H,21,24). The lowest BCUT2D eigenvalue weighted by Crippen LogP contribution is -2.55. The van der Waals surface area contributed by atoms with Gasteiger partial charge in [-0.2, -0.15) is 0 Å². The Morgan fingerprint density at radius 1 is 1.24 bits per heavy atom. The second-order valence-corrected chi connectivity index (χ2v) is 7.80. The molecule has 1 aromatic rings. The minimum atomic E-state index is -0.527. The number of carbonyl (C=O) groups is 2. The molecule has 1 saturated carbocycles. The van der Waals surface area contributed by atoms with Crippen molar-refractivity contribution in [2.75, 3.05) is 19.7 Å². The van der Waals surface area contributed by atoms with Crippen LogP contribution in [-0.4, -0.2) is 47.1 Å². The summed E-state index contributed by atoms with van der Waals surface area (Å²) in [6.45, 7) is 5.01. The molecule has 2 amide bonds. The van der Waals surface area contributed by atoms with Crippen LogP contribution in [0.5, 0.6) is 0 Å². The molecule has 2 atom stereocenters. The highest BCUT2D eigenvalue weighted by Gasteiger charge is 2.43. The highest BCUT2D eigenvalue weighted by atomic mass is 16.3. The van der Waals surface area contributed by atoms with E-state index >= 15 is 0 Å². The Morgan fingerprint density at radius 2 is 1.92 bits per heavy atom. The van der Waals surface area contributed by atoms with Crippen molar-refractivity contribution < 1.29 is 14.7 Å². The molecule has 25 heavy (non-hydrogen) atoms. The van der Waals surface area contributed by atoms with E-state index < -0.39 is 5.54 Å². The predicted octanol–water partition coefficient (Wildman–Crippen LogP) is 2.12. The topological polar surface area (TPSA) is 69.6 Å². The molecule has 1 aliphatic heterocycles. The molecule has 0 radical (unpaired) electrons. The maximum absolute atomic E-state index is 12.7. The summed E-state index contributed by atoms with van der Waals surface area (Å²) >= 11 is 0. The molecule has 2 N–H and O–H groups in total. The molecular formula is C20H28N2O3. The first-order valence-corrected chi connectivity index (χ1v) is 9.22. The van der Waals surface area contributed by atoms with Gasteiger partial charge in [0.05, 0.1) is 18.1 Å². The lowest BCUT2D eigenvalue weighted by molar-refractivity contribution is -0.129. The van der Waals surface area contributed by atoms with E-state index in [1.54, 1.807) is 4.90 Å². The van der Waals surface area contributed by atoms with Crippen molar-refractivity contribution in [1.82, 2.24) is 10.2 Å². The molecule has 3 rings (SSSR count). The number of aryl methyl sites for hydroxylation is 1. The predicted molar refractivity (Wildman–Crippen MR) is 96.2 cm³/mol. The quantitative estimate of drug-likeness (QED) is 0.860. The van der Waals surface area contributed by atoms with Crippen LogP contribution in [0.1, 0.15) is 48.5 Å². The fourth-order valence-electron chi connectivity index (χ4n) is 3.63. The number of piperidine rings is 1. The van der Waals surface area contributed by atoms with Crippen molar-refractivity contribution in [3.63, 3.8) is 0 Å². The maximum Gasteiger partial charge on any atom is 0.253 e. The second-order valence-electron chi connectivity index (χ2n) is 7.80. The maximum atomic E-state index is 12.7. The van der Waals surface area contributed by atoms with Crippen LogP contribution in [0.4, 0.5) is 0 Å². The lowest BCUT2D eigenvalue weighted by atomic mass is 9.92. The van der Waals surface area contributed by atoms with Crippen molar-refractivity contribution >= 4 is 11.8 Å². The Morgan fingerprint density at radius 3 is 2.52 bits per heavy atom. The van der Waals surface area contributed by atoms with Gasteiger partial charge in [0.2, 0.25) is 5.91 Å². The van der Waals surface area contributed by atoms with Crippen molar-refractivity contribution in [3.05, 3.63) is 35.4 Å². The average molecular weight is 344 g/mol. The minimum absolute atomic E-state index is 0.00962. The summed E-state index contributed by atoms with van der Waals surface area (Å²) in [6, 6.07) is 7.56. The van der Waals surface area contributed by atoms with E-state index in [4.69, 9.17) is 0 Å². The summed E-state index contributed by atoms with van der Waals surface area (Å²) in [7, 11) is 0. The summed E-state index contributed by atoms with van der Waals surface area (Å²) in [5.74, 6) is 0.123. The van der Waals surface area contributed by atoms with Crippen LogP contribution in [0.25, 0.3) is 0 Å². The molecule has 1 saturated heterocycles. The Kier molecular flexibility index (Phi) is 5.13. The number of rotatable bonds is 5. The molecular weight excluding hydrogens is 316 g/mol. The zero-order chi connectivity index (χ0) is 18.0. The molecule has 1 aliphatic carbocycles. The van der Waals surface area contributed by atoms with Gasteiger partial charge in [-0.1, -0.05) is 17.7 Å². The number of nitrogens with zero attached hydrogens (tertiary/aromatic N) is 1. The Hall–Kier alpha value is -1.88. The van der Waals surface area contributed by atoms with E-state index in [1.165, 1.54) is 0 Å². The van der Waals surface area contributed by atoms with Gasteiger partial charge >= 0.3 is 0 Å². The van der Waals surface area contributed by atoms with Crippen LogP contribution < -0.4 is 5.32 Å². The molecule has 1 aromatic carbocycles. The zero-order valence-corrected chi connectivity index (χ0v) is 15.1. The highest BCUT2D eigenvalue weighted by molar-refractivity contribution is 5.94. The first-order valence-electron chi connectivity index (χ1n) is 9.22. The largest absolute Gasteiger partial charge is 0.394 e. The van der Waals surface area contributed by atoms with Gasteiger partial charge in [0.1, 0.15) is 0 Å². The van der Waals surface area contributed by atoms with Crippen LogP contribution in [-0.2, 0) is 4.79 Å². The van der Waals surface area contributed by atoms with Gasteiger partial charge in [-0.3, -0.25) is 9.59 Å². The number of hydrogen-bond donors (Lipinski definition) is 2. The van der Waals surface area contributed by atoms with E-state index in [9.17, 15) is 14.7 Å². The Balaban J connectivity index is 1.63. The van der Waals surface area contributed by atoms with Gasteiger partial charge in [0.15, 0.2) is 0 Å². The molecule has 5 heteroatoms. The third-order valence-electron chi connectivity index (χ3n) is 5.59. The van der Waals surface area contributed by atoms with Crippen molar-refractivity contribution in [1.29, 1.82) is 0 Å². The number of benzene rings is 1. The average Bonchev–Trinajstić information content (AvgIpc) is 3.47. The van der Waals surface area contributed by atoms with Crippen LogP contribution in [0, 0.1) is 18.8 Å². The summed E-state index contributed by atoms with van der Waals surface area (Å²) < 4.78 is 0. The molecule has 2 unspecified atom stereocenters. The molecule has 2 fully saturated rings. The van der Waals surface area contributed by atoms with Gasteiger partial charge in [0, 0.05) is 18.7 Å². The Labute approximate surface area is 149 Å². The molecule has 0 bridgehead atoms. The molecule has 0 spiro atoms. The van der Waals surface area contributed by atoms with E-state index in [-0.39, 0.29) is 24.3 Å². The van der Waals surface area contributed by atoms with Gasteiger partial charge in [-0.25, -0.2) is 0 Å². The first-order chi connectivity index (χ1) is 11.9. The van der Waals surface area contributed by atoms with Crippen LogP contribution in [0.3, 0.4) is 0 Å². The van der Waals surface area contributed by atoms with Crippen molar-refractivity contribution in [3.8, 4) is 0 Å². The van der Waals surface area contributed by atoms with Crippen LogP contribution in [0.15, 0.2) is 24.3 Å². The fraction of sp³-hybridized carbons (Fsp3) is 0.600. The summed E-state index contributed by atoms with van der Waals surface area (Å²) in [5, 5.41) is 12.7. The van der Waals surface area contributed by atoms with E-state index in [1.807, 2.05) is 38.1 Å². The third kappa shape index (κ3) is 4.03. The number of hydrogen-bond acceptors (Lipinski definition) is 3. The van der Waals surface area contributed by atoms with Crippen molar-refractivity contribution in [2.24, 2.45) is 11.8 Å². The smallest absolute Gasteiger partial charge is 0.253 e. The number of nitrogens with one attached hydrogen (secondary N) is 1. The monoisotopic (exact) mass is 344 g/mol. The van der Waals surface area contributed by atoms with Crippen LogP contribution >= 0.6 is 0 Å². The van der Waals surface area contributed by atoms with Gasteiger partial charge in [-0.05, 0) is 57.6 Å². The second kappa shape index (κ2) is 7.16. The molecule has 5 nitrogen and oxygen atoms in total. The molecule has 0 aromatic heterocycles. The van der Waals surface area contributed by atoms with E-state index in [0.29, 0.717) is 24.6 Å². The van der Waals surface area contributed by atoms with E-state index in [0.717, 1.165) is 31.2 Å². The van der Waals surface area contributed by atoms with Gasteiger partial charge in [-0.15, -0.1) is 0 Å². The van der Waals surface area contributed by atoms with Crippen molar-refractivity contribution in [2.45, 2.75) is 45.1 Å². The molecule has 2 aliphatic rings. The highest BCUT2D eigenvalue weighted by Crippen LogP contribution is 2.39. The number of aliphatic hydroxyl groups excluding tert-OH is 1. The summed E-state index contributed by atoms with van der Waals surface area (Å²) in [5.41, 5.74) is 1.26. The van der Waals surface area contributed by atoms with Crippen LogP contribution in [0.2, 0.25) is 0 Å². The summed E-state index contributed by atoms with van der Waals surface area (Å²) in [4.78, 5) is 27.2. The number of carbonyl (C=O) groups excluding carboxylic acids is 2.